The van der Waals surface area contributed by atoms with Crippen LogP contribution in [0.4, 0.5) is 0 Å². The fraction of sp³-hybridized carbons (Fsp3) is 0.429. The van der Waals surface area contributed by atoms with Crippen molar-refractivity contribution in [3.63, 3.8) is 0 Å². The number of fused-ring (bicyclic) bond motifs is 1. The summed E-state index contributed by atoms with van der Waals surface area (Å²) in [5.74, 6) is 2.12. The minimum absolute atomic E-state index is 0.0746. The molecule has 0 aromatic carbocycles. The number of ether oxygens (including phenoxy) is 1. The van der Waals surface area contributed by atoms with E-state index in [2.05, 4.69) is 30.0 Å². The topological polar surface area (TPSA) is 99.8 Å². The van der Waals surface area contributed by atoms with Crippen LogP contribution in [0.15, 0.2) is 16.2 Å². The third-order valence-electron chi connectivity index (χ3n) is 3.79. The van der Waals surface area contributed by atoms with Gasteiger partial charge in [-0.3, -0.25) is 14.8 Å². The Labute approximate surface area is 135 Å². The van der Waals surface area contributed by atoms with Gasteiger partial charge in [-0.2, -0.15) is 5.10 Å². The van der Waals surface area contributed by atoms with Gasteiger partial charge < -0.3 is 9.72 Å². The minimum Gasteiger partial charge on any atom is -0.367 e. The van der Waals surface area contributed by atoms with E-state index in [1.54, 1.807) is 0 Å². The Morgan fingerprint density at radius 2 is 2.39 bits per heavy atom. The zero-order valence-electron chi connectivity index (χ0n) is 12.6. The molecule has 1 aliphatic rings. The zero-order chi connectivity index (χ0) is 15.8. The van der Waals surface area contributed by atoms with Gasteiger partial charge in [0.05, 0.1) is 18.7 Å². The Morgan fingerprint density at radius 3 is 3.22 bits per heavy atom. The van der Waals surface area contributed by atoms with Gasteiger partial charge in [-0.1, -0.05) is 0 Å². The van der Waals surface area contributed by atoms with E-state index in [0.717, 1.165) is 17.9 Å². The maximum atomic E-state index is 12.0. The zero-order valence-corrected chi connectivity index (χ0v) is 13.4. The highest BCUT2D eigenvalue weighted by Gasteiger charge is 2.25. The first-order chi connectivity index (χ1) is 11.2. The van der Waals surface area contributed by atoms with Crippen molar-refractivity contribution >= 4 is 21.6 Å². The second-order valence-electron chi connectivity index (χ2n) is 5.52. The Bertz CT molecular complexity index is 885. The summed E-state index contributed by atoms with van der Waals surface area (Å²) >= 11 is 1.41. The van der Waals surface area contributed by atoms with Crippen molar-refractivity contribution in [3.05, 3.63) is 39.3 Å². The summed E-state index contributed by atoms with van der Waals surface area (Å²) in [7, 11) is 0. The molecule has 9 heteroatoms. The number of aromatic amines is 2. The van der Waals surface area contributed by atoms with Crippen LogP contribution >= 0.6 is 11.3 Å². The number of aromatic nitrogens is 5. The number of nitrogens with one attached hydrogen (secondary N) is 2. The van der Waals surface area contributed by atoms with E-state index in [0.29, 0.717) is 36.0 Å². The number of thiophene rings is 1. The van der Waals surface area contributed by atoms with Gasteiger partial charge in [0.25, 0.3) is 5.56 Å². The molecule has 2 N–H and O–H groups in total. The van der Waals surface area contributed by atoms with Crippen molar-refractivity contribution in [2.24, 2.45) is 0 Å². The molecule has 0 saturated carbocycles. The number of aryl methyl sites for hydroxylation is 1. The van der Waals surface area contributed by atoms with Crippen molar-refractivity contribution in [2.75, 3.05) is 19.7 Å². The normalized spacial score (nSPS) is 19.4. The smallest absolute Gasteiger partial charge is 0.268 e. The summed E-state index contributed by atoms with van der Waals surface area (Å²) < 4.78 is 6.42. The van der Waals surface area contributed by atoms with Gasteiger partial charge in [0.15, 0.2) is 5.82 Å². The Morgan fingerprint density at radius 1 is 1.48 bits per heavy atom. The predicted molar refractivity (Wildman–Crippen MR) is 85.3 cm³/mol. The molecule has 0 amide bonds. The molecule has 4 rings (SSSR count). The first kappa shape index (κ1) is 14.5. The molecule has 23 heavy (non-hydrogen) atoms. The standard InChI is InChI=1S/C14H16N6O2S/c1-8-15-13(19-18-8)10-6-20(3-4-22-10)7-11-16-9-2-5-23-12(9)14(21)17-11/h2,5,10H,3-4,6-7H2,1H3,(H,15,18,19)(H,16,17,21)/t10-/m1/s1. The maximum Gasteiger partial charge on any atom is 0.268 e. The van der Waals surface area contributed by atoms with E-state index in [9.17, 15) is 4.79 Å². The lowest BCUT2D eigenvalue weighted by Gasteiger charge is -2.31. The minimum atomic E-state index is -0.162. The van der Waals surface area contributed by atoms with E-state index >= 15 is 0 Å². The highest BCUT2D eigenvalue weighted by molar-refractivity contribution is 7.17. The molecule has 4 heterocycles. The fourth-order valence-corrected chi connectivity index (χ4v) is 3.44. The summed E-state index contributed by atoms with van der Waals surface area (Å²) in [6.45, 7) is 4.49. The molecule has 1 fully saturated rings. The molecule has 1 atom stereocenters. The highest BCUT2D eigenvalue weighted by Crippen LogP contribution is 2.20. The van der Waals surface area contributed by atoms with Crippen LogP contribution in [0.25, 0.3) is 10.2 Å². The summed E-state index contributed by atoms with van der Waals surface area (Å²) in [5.41, 5.74) is 0.678. The highest BCUT2D eigenvalue weighted by atomic mass is 32.1. The molecule has 0 aliphatic carbocycles. The van der Waals surface area contributed by atoms with Crippen LogP contribution in [-0.2, 0) is 11.3 Å². The quantitative estimate of drug-likeness (QED) is 0.742. The van der Waals surface area contributed by atoms with Crippen molar-refractivity contribution < 1.29 is 4.74 Å². The van der Waals surface area contributed by atoms with E-state index in [1.807, 2.05) is 18.4 Å². The number of H-pyrrole nitrogens is 2. The number of rotatable bonds is 3. The number of nitrogens with zero attached hydrogens (tertiary/aromatic N) is 4. The third-order valence-corrected chi connectivity index (χ3v) is 4.69. The summed E-state index contributed by atoms with van der Waals surface area (Å²) in [6.07, 6.45) is -0.162. The van der Waals surface area contributed by atoms with E-state index < -0.39 is 0 Å². The van der Waals surface area contributed by atoms with Crippen LogP contribution in [0.1, 0.15) is 23.6 Å². The molecule has 0 unspecified atom stereocenters. The van der Waals surface area contributed by atoms with Crippen molar-refractivity contribution in [3.8, 4) is 0 Å². The molecule has 3 aromatic rings. The van der Waals surface area contributed by atoms with Crippen LogP contribution in [0.5, 0.6) is 0 Å². The maximum absolute atomic E-state index is 12.0. The molecule has 120 valence electrons. The van der Waals surface area contributed by atoms with Gasteiger partial charge in [-0.25, -0.2) is 9.97 Å². The van der Waals surface area contributed by atoms with E-state index in [4.69, 9.17) is 4.74 Å². The molecule has 8 nitrogen and oxygen atoms in total. The molecule has 0 bridgehead atoms. The van der Waals surface area contributed by atoms with Gasteiger partial charge in [0.2, 0.25) is 0 Å². The summed E-state index contributed by atoms with van der Waals surface area (Å²) in [4.78, 5) is 26.0. The predicted octanol–water partition coefficient (Wildman–Crippen LogP) is 0.985. The first-order valence-electron chi connectivity index (χ1n) is 7.38. The van der Waals surface area contributed by atoms with Crippen LogP contribution < -0.4 is 5.56 Å². The Balaban J connectivity index is 1.52. The van der Waals surface area contributed by atoms with Crippen molar-refractivity contribution in [2.45, 2.75) is 19.6 Å². The van der Waals surface area contributed by atoms with Crippen LogP contribution in [-0.4, -0.2) is 49.7 Å². The molecule has 0 spiro atoms. The van der Waals surface area contributed by atoms with Crippen LogP contribution in [0.3, 0.4) is 0 Å². The van der Waals surface area contributed by atoms with Gasteiger partial charge in [-0.05, 0) is 18.4 Å². The lowest BCUT2D eigenvalue weighted by molar-refractivity contribution is -0.0377. The second-order valence-corrected chi connectivity index (χ2v) is 6.44. The van der Waals surface area contributed by atoms with Crippen molar-refractivity contribution in [1.29, 1.82) is 0 Å². The van der Waals surface area contributed by atoms with Gasteiger partial charge in [0, 0.05) is 13.1 Å². The summed E-state index contributed by atoms with van der Waals surface area (Å²) in [5, 5.41) is 8.89. The molecule has 0 radical (unpaired) electrons. The SMILES string of the molecule is Cc1nc([C@H]2CN(Cc3nc4ccsc4c(=O)[nH]3)CCO2)n[nH]1. The van der Waals surface area contributed by atoms with Gasteiger partial charge in [-0.15, -0.1) is 11.3 Å². The number of hydrogen-bond donors (Lipinski definition) is 2. The third kappa shape index (κ3) is 2.90. The number of hydrogen-bond acceptors (Lipinski definition) is 7. The lowest BCUT2D eigenvalue weighted by atomic mass is 10.2. The number of morpholine rings is 1. The molecule has 1 aliphatic heterocycles. The monoisotopic (exact) mass is 332 g/mol. The second kappa shape index (κ2) is 5.84. The molecule has 1 saturated heterocycles. The first-order valence-corrected chi connectivity index (χ1v) is 8.26. The largest absolute Gasteiger partial charge is 0.367 e. The van der Waals surface area contributed by atoms with E-state index in [-0.39, 0.29) is 11.7 Å². The summed E-state index contributed by atoms with van der Waals surface area (Å²) in [6, 6.07) is 1.87. The fourth-order valence-electron chi connectivity index (χ4n) is 2.71. The van der Waals surface area contributed by atoms with Crippen LogP contribution in [0, 0.1) is 6.92 Å². The lowest BCUT2D eigenvalue weighted by Crippen LogP contribution is -2.38. The molecular formula is C14H16N6O2S. The van der Waals surface area contributed by atoms with Crippen LogP contribution in [0.2, 0.25) is 0 Å². The average molecular weight is 332 g/mol. The van der Waals surface area contributed by atoms with Crippen molar-refractivity contribution in [1.82, 2.24) is 30.0 Å². The average Bonchev–Trinajstić information content (AvgIpc) is 3.16. The van der Waals surface area contributed by atoms with E-state index in [1.165, 1.54) is 11.3 Å². The van der Waals surface area contributed by atoms with Gasteiger partial charge >= 0.3 is 0 Å². The molecule has 3 aromatic heterocycles. The van der Waals surface area contributed by atoms with Gasteiger partial charge in [0.1, 0.15) is 22.5 Å². The Kier molecular flexibility index (Phi) is 3.68. The Hall–Kier alpha value is -2.10. The molecular weight excluding hydrogens is 316 g/mol.